The number of thiocarbonyl (C=S) groups is 1. The van der Waals surface area contributed by atoms with Crippen LogP contribution in [-0.2, 0) is 11.4 Å². The van der Waals surface area contributed by atoms with Crippen molar-refractivity contribution in [3.63, 3.8) is 0 Å². The van der Waals surface area contributed by atoms with Gasteiger partial charge in [-0.15, -0.1) is 0 Å². The molecule has 3 aromatic rings. The second-order valence-corrected chi connectivity index (χ2v) is 10.0. The van der Waals surface area contributed by atoms with E-state index in [1.54, 1.807) is 35.2 Å². The van der Waals surface area contributed by atoms with Gasteiger partial charge >= 0.3 is 0 Å². The summed E-state index contributed by atoms with van der Waals surface area (Å²) in [5.41, 5.74) is 3.92. The van der Waals surface area contributed by atoms with Gasteiger partial charge in [-0.2, -0.15) is 0 Å². The van der Waals surface area contributed by atoms with Crippen LogP contribution in [0.25, 0.3) is 6.08 Å². The minimum absolute atomic E-state index is 0.0422. The monoisotopic (exact) mass is 527 g/mol. The molecule has 1 amide bonds. The lowest BCUT2D eigenvalue weighted by Crippen LogP contribution is -2.28. The van der Waals surface area contributed by atoms with Gasteiger partial charge < -0.3 is 9.47 Å². The van der Waals surface area contributed by atoms with Crippen molar-refractivity contribution in [3.05, 3.63) is 92.6 Å². The summed E-state index contributed by atoms with van der Waals surface area (Å²) in [6.45, 7) is 6.20. The van der Waals surface area contributed by atoms with Gasteiger partial charge in [-0.25, -0.2) is 4.39 Å². The molecule has 0 radical (unpaired) electrons. The molecule has 1 aliphatic rings. The zero-order chi connectivity index (χ0) is 25.1. The maximum atomic E-state index is 14.1. The predicted octanol–water partition coefficient (Wildman–Crippen LogP) is 7.48. The summed E-state index contributed by atoms with van der Waals surface area (Å²) in [6.07, 6.45) is 1.78. The molecule has 0 N–H and O–H groups in total. The fourth-order valence-corrected chi connectivity index (χ4v) is 5.21. The van der Waals surface area contributed by atoms with Crippen molar-refractivity contribution in [2.24, 2.45) is 0 Å². The Morgan fingerprint density at radius 3 is 2.60 bits per heavy atom. The number of anilines is 1. The van der Waals surface area contributed by atoms with Crippen LogP contribution in [0.3, 0.4) is 0 Å². The SMILES string of the molecule is CCOc1cc(/C=C2/SC(=S)N(c3ccc(C)cc3C)C2=O)ccc1OCc1c(F)cccc1Cl. The summed E-state index contributed by atoms with van der Waals surface area (Å²) in [4.78, 5) is 15.3. The average molecular weight is 528 g/mol. The van der Waals surface area contributed by atoms with Gasteiger partial charge in [-0.1, -0.05) is 65.4 Å². The number of halogens is 2. The number of ether oxygens (including phenoxy) is 2. The van der Waals surface area contributed by atoms with Crippen molar-refractivity contribution < 1.29 is 18.7 Å². The molecule has 1 aliphatic heterocycles. The van der Waals surface area contributed by atoms with E-state index < -0.39 is 5.82 Å². The minimum atomic E-state index is -0.432. The zero-order valence-electron chi connectivity index (χ0n) is 19.4. The standard InChI is InChI=1S/C27H23ClFNO3S2/c1-4-32-24-13-18(9-11-23(24)33-15-19-20(28)6-5-7-21(19)29)14-25-26(31)30(27(34)35-25)22-10-8-16(2)12-17(22)3/h5-14H,4,15H2,1-3H3/b25-14+. The molecule has 0 spiro atoms. The lowest BCUT2D eigenvalue weighted by atomic mass is 10.1. The molecule has 1 heterocycles. The van der Waals surface area contributed by atoms with Crippen LogP contribution in [0.2, 0.25) is 5.02 Å². The lowest BCUT2D eigenvalue weighted by Gasteiger charge is -2.17. The number of hydrogen-bond donors (Lipinski definition) is 0. The Hall–Kier alpha value is -2.87. The Morgan fingerprint density at radius 2 is 1.89 bits per heavy atom. The van der Waals surface area contributed by atoms with E-state index in [0.717, 1.165) is 22.4 Å². The van der Waals surface area contributed by atoms with Crippen molar-refractivity contribution in [1.29, 1.82) is 0 Å². The molecule has 8 heteroatoms. The third-order valence-corrected chi connectivity index (χ3v) is 7.04. The first-order valence-electron chi connectivity index (χ1n) is 11.0. The third-order valence-electron chi connectivity index (χ3n) is 5.39. The highest BCUT2D eigenvalue weighted by atomic mass is 35.5. The molecular weight excluding hydrogens is 505 g/mol. The molecular formula is C27H23ClFNO3S2. The summed E-state index contributed by atoms with van der Waals surface area (Å²) < 4.78 is 26.2. The number of aryl methyl sites for hydroxylation is 2. The van der Waals surface area contributed by atoms with E-state index in [2.05, 4.69) is 0 Å². The highest BCUT2D eigenvalue weighted by Crippen LogP contribution is 2.38. The van der Waals surface area contributed by atoms with Crippen LogP contribution in [0, 0.1) is 19.7 Å². The number of carbonyl (C=O) groups excluding carboxylic acids is 1. The Labute approximate surface area is 218 Å². The van der Waals surface area contributed by atoms with Crippen LogP contribution in [0.4, 0.5) is 10.1 Å². The summed E-state index contributed by atoms with van der Waals surface area (Å²) in [7, 11) is 0. The fraction of sp³-hybridized carbons (Fsp3) is 0.185. The smallest absolute Gasteiger partial charge is 0.270 e. The first-order chi connectivity index (χ1) is 16.8. The summed E-state index contributed by atoms with van der Waals surface area (Å²) >= 11 is 12.9. The lowest BCUT2D eigenvalue weighted by molar-refractivity contribution is -0.113. The molecule has 1 fully saturated rings. The molecule has 0 aliphatic carbocycles. The highest BCUT2D eigenvalue weighted by Gasteiger charge is 2.34. The van der Waals surface area contributed by atoms with Crippen LogP contribution in [-0.4, -0.2) is 16.8 Å². The predicted molar refractivity (Wildman–Crippen MR) is 145 cm³/mol. The molecule has 0 saturated carbocycles. The van der Waals surface area contributed by atoms with Crippen LogP contribution < -0.4 is 14.4 Å². The molecule has 35 heavy (non-hydrogen) atoms. The number of amides is 1. The molecule has 1 saturated heterocycles. The number of thioether (sulfide) groups is 1. The summed E-state index contributed by atoms with van der Waals surface area (Å²) in [5.74, 6) is 0.335. The van der Waals surface area contributed by atoms with Crippen molar-refractivity contribution in [2.75, 3.05) is 11.5 Å². The summed E-state index contributed by atoms with van der Waals surface area (Å²) in [5, 5.41) is 0.297. The molecule has 3 aromatic carbocycles. The number of hydrogen-bond acceptors (Lipinski definition) is 5. The van der Waals surface area contributed by atoms with Gasteiger partial charge in [-0.05, 0) is 68.3 Å². The van der Waals surface area contributed by atoms with Crippen LogP contribution in [0.1, 0.15) is 29.2 Å². The van der Waals surface area contributed by atoms with Crippen LogP contribution in [0.5, 0.6) is 11.5 Å². The second kappa shape index (κ2) is 10.8. The first-order valence-corrected chi connectivity index (χ1v) is 12.6. The van der Waals surface area contributed by atoms with Gasteiger partial charge in [0.05, 0.1) is 22.2 Å². The van der Waals surface area contributed by atoms with Crippen molar-refractivity contribution in [2.45, 2.75) is 27.4 Å². The van der Waals surface area contributed by atoms with Crippen LogP contribution >= 0.6 is 35.6 Å². The van der Waals surface area contributed by atoms with Crippen LogP contribution in [0.15, 0.2) is 59.5 Å². The van der Waals surface area contributed by atoms with E-state index in [1.165, 1.54) is 17.8 Å². The van der Waals surface area contributed by atoms with Gasteiger partial charge in [0.15, 0.2) is 15.8 Å². The summed E-state index contributed by atoms with van der Waals surface area (Å²) in [6, 6.07) is 15.7. The Bertz CT molecular complexity index is 1320. The molecule has 180 valence electrons. The van der Waals surface area contributed by atoms with Gasteiger partial charge in [0.2, 0.25) is 0 Å². The quantitative estimate of drug-likeness (QED) is 0.235. The Balaban J connectivity index is 1.58. The number of benzene rings is 3. The average Bonchev–Trinajstić information content (AvgIpc) is 3.08. The third kappa shape index (κ3) is 5.53. The second-order valence-electron chi connectivity index (χ2n) is 7.94. The van der Waals surface area contributed by atoms with Crippen molar-refractivity contribution in [1.82, 2.24) is 0 Å². The number of carbonyl (C=O) groups is 1. The van der Waals surface area contributed by atoms with Gasteiger partial charge in [0.1, 0.15) is 12.4 Å². The molecule has 0 bridgehead atoms. The topological polar surface area (TPSA) is 38.8 Å². The first kappa shape index (κ1) is 25.2. The van der Waals surface area contributed by atoms with Gasteiger partial charge in [0.25, 0.3) is 5.91 Å². The maximum absolute atomic E-state index is 14.1. The minimum Gasteiger partial charge on any atom is -0.490 e. The van der Waals surface area contributed by atoms with Crippen molar-refractivity contribution in [3.8, 4) is 11.5 Å². The zero-order valence-corrected chi connectivity index (χ0v) is 21.8. The van der Waals surface area contributed by atoms with E-state index >= 15 is 0 Å². The molecule has 0 atom stereocenters. The number of nitrogens with zero attached hydrogens (tertiary/aromatic N) is 1. The number of rotatable bonds is 7. The molecule has 0 aromatic heterocycles. The maximum Gasteiger partial charge on any atom is 0.270 e. The normalized spacial score (nSPS) is 14.7. The largest absolute Gasteiger partial charge is 0.490 e. The highest BCUT2D eigenvalue weighted by molar-refractivity contribution is 8.27. The van der Waals surface area contributed by atoms with E-state index in [-0.39, 0.29) is 18.1 Å². The van der Waals surface area contributed by atoms with Crippen molar-refractivity contribution >= 4 is 57.6 Å². The molecule has 4 rings (SSSR count). The Morgan fingerprint density at radius 1 is 1.09 bits per heavy atom. The van der Waals surface area contributed by atoms with Gasteiger partial charge in [-0.3, -0.25) is 9.69 Å². The van der Waals surface area contributed by atoms with Gasteiger partial charge in [0, 0.05) is 5.56 Å². The molecule has 4 nitrogen and oxygen atoms in total. The van der Waals surface area contributed by atoms with E-state index in [0.29, 0.717) is 32.4 Å². The Kier molecular flexibility index (Phi) is 7.79. The van der Waals surface area contributed by atoms with E-state index in [9.17, 15) is 9.18 Å². The van der Waals surface area contributed by atoms with E-state index in [1.807, 2.05) is 45.0 Å². The van der Waals surface area contributed by atoms with E-state index in [4.69, 9.17) is 33.3 Å². The fourth-order valence-electron chi connectivity index (χ4n) is 3.71. The molecule has 0 unspecified atom stereocenters.